The molecule has 0 atom stereocenters. The van der Waals surface area contributed by atoms with Crippen molar-refractivity contribution in [1.82, 2.24) is 19.8 Å². The first kappa shape index (κ1) is 16.4. The van der Waals surface area contributed by atoms with Gasteiger partial charge in [-0.2, -0.15) is 15.9 Å². The van der Waals surface area contributed by atoms with Crippen molar-refractivity contribution >= 4 is 34.3 Å². The lowest BCUT2D eigenvalue weighted by molar-refractivity contribution is -0.384. The van der Waals surface area contributed by atoms with Crippen molar-refractivity contribution in [3.8, 4) is 23.0 Å². The molecule has 4 aromatic rings. The maximum Gasteiger partial charge on any atom is 0.291 e. The van der Waals surface area contributed by atoms with Gasteiger partial charge in [-0.25, -0.2) is 0 Å². The lowest BCUT2D eigenvalue weighted by Gasteiger charge is -2.09. The number of aryl methyl sites for hydroxylation is 1. The minimum absolute atomic E-state index is 0.0572. The van der Waals surface area contributed by atoms with Crippen LogP contribution in [0.1, 0.15) is 5.56 Å². The second-order valence-corrected chi connectivity index (χ2v) is 6.59. The van der Waals surface area contributed by atoms with Gasteiger partial charge in [0, 0.05) is 17.0 Å². The van der Waals surface area contributed by atoms with Crippen LogP contribution in [0.3, 0.4) is 0 Å². The van der Waals surface area contributed by atoms with E-state index in [0.29, 0.717) is 22.8 Å². The molecule has 3 aromatic heterocycles. The van der Waals surface area contributed by atoms with Crippen molar-refractivity contribution in [2.45, 2.75) is 6.92 Å². The Labute approximate surface area is 155 Å². The predicted molar refractivity (Wildman–Crippen MR) is 97.0 cm³/mol. The van der Waals surface area contributed by atoms with Crippen molar-refractivity contribution in [2.24, 2.45) is 0 Å². The lowest BCUT2D eigenvalue weighted by atomic mass is 10.2. The average Bonchev–Trinajstić information content (AvgIpc) is 3.25. The summed E-state index contributed by atoms with van der Waals surface area (Å²) < 4.78 is 7.32. The van der Waals surface area contributed by atoms with E-state index in [2.05, 4.69) is 15.3 Å². The summed E-state index contributed by atoms with van der Waals surface area (Å²) in [7, 11) is 0. The minimum atomic E-state index is -0.556. The Morgan fingerprint density at radius 1 is 1.27 bits per heavy atom. The lowest BCUT2D eigenvalue weighted by Crippen LogP contribution is -1.99. The SMILES string of the molecule is Cc1cc(Cl)c([N+](=O)[O-])cc1Oc1ccc2nnc(-c3ccsc3)n2n1. The van der Waals surface area contributed by atoms with Gasteiger partial charge in [-0.15, -0.1) is 15.3 Å². The largest absolute Gasteiger partial charge is 0.437 e. The topological polar surface area (TPSA) is 95.5 Å². The first-order chi connectivity index (χ1) is 12.5. The van der Waals surface area contributed by atoms with E-state index in [-0.39, 0.29) is 16.6 Å². The van der Waals surface area contributed by atoms with Crippen LogP contribution in [0, 0.1) is 17.0 Å². The first-order valence-corrected chi connectivity index (χ1v) is 8.72. The molecule has 26 heavy (non-hydrogen) atoms. The second-order valence-electron chi connectivity index (χ2n) is 5.41. The van der Waals surface area contributed by atoms with Crippen LogP contribution in [0.25, 0.3) is 17.0 Å². The number of nitrogens with zero attached hydrogens (tertiary/aromatic N) is 5. The molecular formula is C16H10ClN5O3S. The number of aromatic nitrogens is 4. The number of hydrogen-bond acceptors (Lipinski definition) is 7. The third kappa shape index (κ3) is 2.87. The summed E-state index contributed by atoms with van der Waals surface area (Å²) in [5, 5.41) is 27.6. The molecule has 0 aliphatic heterocycles. The molecule has 0 unspecified atom stereocenters. The number of fused-ring (bicyclic) bond motifs is 1. The summed E-state index contributed by atoms with van der Waals surface area (Å²) in [5.41, 5.74) is 1.89. The van der Waals surface area contributed by atoms with Gasteiger partial charge in [0.1, 0.15) is 10.8 Å². The summed E-state index contributed by atoms with van der Waals surface area (Å²) in [6.45, 7) is 1.75. The van der Waals surface area contributed by atoms with Crippen molar-refractivity contribution in [3.63, 3.8) is 0 Å². The highest BCUT2D eigenvalue weighted by Gasteiger charge is 2.17. The van der Waals surface area contributed by atoms with Crippen LogP contribution in [-0.4, -0.2) is 24.7 Å². The van der Waals surface area contributed by atoms with Crippen molar-refractivity contribution < 1.29 is 9.66 Å². The molecular weight excluding hydrogens is 378 g/mol. The number of hydrogen-bond donors (Lipinski definition) is 0. The van der Waals surface area contributed by atoms with E-state index in [4.69, 9.17) is 16.3 Å². The molecule has 0 radical (unpaired) electrons. The van der Waals surface area contributed by atoms with Gasteiger partial charge in [0.15, 0.2) is 11.5 Å². The average molecular weight is 388 g/mol. The number of rotatable bonds is 4. The highest BCUT2D eigenvalue weighted by molar-refractivity contribution is 7.08. The van der Waals surface area contributed by atoms with Gasteiger partial charge in [0.2, 0.25) is 5.88 Å². The minimum Gasteiger partial charge on any atom is -0.437 e. The Balaban J connectivity index is 1.75. The first-order valence-electron chi connectivity index (χ1n) is 7.40. The Morgan fingerprint density at radius 3 is 2.85 bits per heavy atom. The summed E-state index contributed by atoms with van der Waals surface area (Å²) in [6.07, 6.45) is 0. The van der Waals surface area contributed by atoms with Gasteiger partial charge in [-0.1, -0.05) is 11.6 Å². The highest BCUT2D eigenvalue weighted by atomic mass is 35.5. The van der Waals surface area contributed by atoms with Crippen molar-refractivity contribution in [1.29, 1.82) is 0 Å². The standard InChI is InChI=1S/C16H10ClN5O3S/c1-9-6-11(17)12(22(23)24)7-13(9)25-15-3-2-14-18-19-16(21(14)20-15)10-4-5-26-8-10/h2-8H,1H3. The van der Waals surface area contributed by atoms with Crippen LogP contribution >= 0.6 is 22.9 Å². The number of nitro benzene ring substituents is 1. The second kappa shape index (κ2) is 6.36. The van der Waals surface area contributed by atoms with E-state index in [1.54, 1.807) is 34.9 Å². The predicted octanol–water partition coefficient (Wildman–Crippen LogP) is 4.52. The molecule has 0 saturated carbocycles. The zero-order valence-electron chi connectivity index (χ0n) is 13.3. The maximum absolute atomic E-state index is 11.1. The van der Waals surface area contributed by atoms with E-state index >= 15 is 0 Å². The monoisotopic (exact) mass is 387 g/mol. The van der Waals surface area contributed by atoms with E-state index < -0.39 is 4.92 Å². The number of benzene rings is 1. The molecule has 3 heterocycles. The third-order valence-electron chi connectivity index (χ3n) is 3.67. The molecule has 8 nitrogen and oxygen atoms in total. The molecule has 0 N–H and O–H groups in total. The molecule has 4 rings (SSSR count). The summed E-state index contributed by atoms with van der Waals surface area (Å²) in [4.78, 5) is 10.5. The zero-order chi connectivity index (χ0) is 18.3. The number of ether oxygens (including phenoxy) is 1. The number of nitro groups is 1. The summed E-state index contributed by atoms with van der Waals surface area (Å²) >= 11 is 7.45. The number of thiophene rings is 1. The zero-order valence-corrected chi connectivity index (χ0v) is 14.9. The Hall–Kier alpha value is -3.04. The third-order valence-corrected chi connectivity index (χ3v) is 4.66. The van der Waals surface area contributed by atoms with Gasteiger partial charge >= 0.3 is 0 Å². The smallest absolute Gasteiger partial charge is 0.291 e. The highest BCUT2D eigenvalue weighted by Crippen LogP contribution is 2.34. The van der Waals surface area contributed by atoms with Crippen LogP contribution in [-0.2, 0) is 0 Å². The molecule has 1 aromatic carbocycles. The van der Waals surface area contributed by atoms with Crippen LogP contribution in [0.15, 0.2) is 41.1 Å². The van der Waals surface area contributed by atoms with Crippen LogP contribution in [0.5, 0.6) is 11.6 Å². The molecule has 0 aliphatic rings. The quantitative estimate of drug-likeness (QED) is 0.377. The Morgan fingerprint density at radius 2 is 2.12 bits per heavy atom. The fourth-order valence-corrected chi connectivity index (χ4v) is 3.32. The molecule has 0 amide bonds. The normalized spacial score (nSPS) is 11.0. The van der Waals surface area contributed by atoms with Crippen LogP contribution in [0.2, 0.25) is 5.02 Å². The Kier molecular flexibility index (Phi) is 4.02. The van der Waals surface area contributed by atoms with Gasteiger partial charge < -0.3 is 4.74 Å². The molecule has 0 fully saturated rings. The maximum atomic E-state index is 11.1. The number of halogens is 1. The molecule has 130 valence electrons. The van der Waals surface area contributed by atoms with Crippen molar-refractivity contribution in [3.05, 3.63) is 61.8 Å². The van der Waals surface area contributed by atoms with Gasteiger partial charge in [-0.05, 0) is 36.1 Å². The molecule has 0 aliphatic carbocycles. The van der Waals surface area contributed by atoms with E-state index in [1.807, 2.05) is 16.8 Å². The fraction of sp³-hybridized carbons (Fsp3) is 0.0625. The van der Waals surface area contributed by atoms with E-state index in [1.165, 1.54) is 12.1 Å². The molecule has 0 bridgehead atoms. The van der Waals surface area contributed by atoms with E-state index in [9.17, 15) is 10.1 Å². The molecule has 0 saturated heterocycles. The van der Waals surface area contributed by atoms with Gasteiger partial charge in [0.05, 0.1) is 11.0 Å². The van der Waals surface area contributed by atoms with Crippen LogP contribution < -0.4 is 4.74 Å². The molecule has 10 heteroatoms. The fourth-order valence-electron chi connectivity index (χ4n) is 2.40. The molecule has 0 spiro atoms. The summed E-state index contributed by atoms with van der Waals surface area (Å²) in [6, 6.07) is 8.04. The van der Waals surface area contributed by atoms with Gasteiger partial charge in [0.25, 0.3) is 5.69 Å². The summed E-state index contributed by atoms with van der Waals surface area (Å²) in [5.74, 6) is 1.15. The van der Waals surface area contributed by atoms with E-state index in [0.717, 1.165) is 5.56 Å². The van der Waals surface area contributed by atoms with Gasteiger partial charge in [-0.3, -0.25) is 10.1 Å². The Bertz CT molecular complexity index is 1130. The van der Waals surface area contributed by atoms with Crippen LogP contribution in [0.4, 0.5) is 5.69 Å². The van der Waals surface area contributed by atoms with Crippen molar-refractivity contribution in [2.75, 3.05) is 0 Å².